The van der Waals surface area contributed by atoms with Crippen LogP contribution in [-0.4, -0.2) is 24.6 Å². The molecule has 0 spiro atoms. The van der Waals surface area contributed by atoms with E-state index in [4.69, 9.17) is 16.3 Å². The van der Waals surface area contributed by atoms with E-state index in [1.165, 1.54) is 0 Å². The lowest BCUT2D eigenvalue weighted by molar-refractivity contribution is 0.0524. The first-order chi connectivity index (χ1) is 9.01. The number of aromatic nitrogens is 1. The predicted octanol–water partition coefficient (Wildman–Crippen LogP) is 2.49. The second-order valence-electron chi connectivity index (χ2n) is 4.47. The smallest absolute Gasteiger partial charge is 0.341 e. The lowest BCUT2D eigenvalue weighted by Crippen LogP contribution is -2.29. The number of ether oxygens (including phenoxy) is 1. The number of esters is 1. The molecule has 0 fully saturated rings. The topological polar surface area (TPSA) is 54.5 Å². The maximum atomic E-state index is 12.1. The molecule has 1 unspecified atom stereocenters. The number of nitrogens with one attached hydrogen (secondary N) is 1. The zero-order valence-corrected chi connectivity index (χ0v) is 12.3. The summed E-state index contributed by atoms with van der Waals surface area (Å²) in [6.45, 7) is 6.02. The summed E-state index contributed by atoms with van der Waals surface area (Å²) in [6.07, 6.45) is 0.628. The number of halogens is 1. The van der Waals surface area contributed by atoms with Crippen molar-refractivity contribution in [2.45, 2.75) is 33.2 Å². The van der Waals surface area contributed by atoms with E-state index in [0.717, 1.165) is 11.4 Å². The number of carbonyl (C=O) groups excluding carboxylic acids is 1. The number of carbonyl (C=O) groups is 1. The molecule has 104 valence electrons. The van der Waals surface area contributed by atoms with Crippen LogP contribution in [0, 0.1) is 0 Å². The van der Waals surface area contributed by atoms with Crippen LogP contribution in [0.15, 0.2) is 0 Å². The first-order valence-corrected chi connectivity index (χ1v) is 6.78. The molecule has 0 saturated carbocycles. The van der Waals surface area contributed by atoms with E-state index in [-0.39, 0.29) is 6.04 Å². The molecule has 1 aliphatic rings. The fraction of sp³-hybridized carbons (Fsp3) is 0.538. The van der Waals surface area contributed by atoms with Crippen molar-refractivity contribution in [3.05, 3.63) is 21.8 Å². The fourth-order valence-corrected chi connectivity index (χ4v) is 2.76. The molecule has 1 N–H and O–H groups in total. The highest BCUT2D eigenvalue weighted by atomic mass is 35.5. The molecule has 1 aromatic heterocycles. The van der Waals surface area contributed by atoms with Gasteiger partial charge in [0.1, 0.15) is 11.4 Å². The Morgan fingerprint density at radius 2 is 2.21 bits per heavy atom. The zero-order chi connectivity index (χ0) is 14.2. The lowest BCUT2D eigenvalue weighted by atomic mass is 10.0. The fourth-order valence-electron chi connectivity index (χ4n) is 2.33. The molecule has 6 heteroatoms. The van der Waals surface area contributed by atoms with Crippen molar-refractivity contribution in [1.29, 1.82) is 0 Å². The first-order valence-electron chi connectivity index (χ1n) is 6.40. The van der Waals surface area contributed by atoms with Gasteiger partial charge in [0.05, 0.1) is 23.4 Å². The lowest BCUT2D eigenvalue weighted by Gasteiger charge is -2.15. The van der Waals surface area contributed by atoms with Gasteiger partial charge in [-0.15, -0.1) is 0 Å². The third-order valence-corrected chi connectivity index (χ3v) is 3.57. The van der Waals surface area contributed by atoms with Crippen LogP contribution >= 0.6 is 11.6 Å². The molecule has 1 aromatic rings. The van der Waals surface area contributed by atoms with Crippen LogP contribution in [0.5, 0.6) is 0 Å². The summed E-state index contributed by atoms with van der Waals surface area (Å²) >= 11 is 6.42. The van der Waals surface area contributed by atoms with Gasteiger partial charge in [0.2, 0.25) is 0 Å². The van der Waals surface area contributed by atoms with Gasteiger partial charge < -0.3 is 4.74 Å². The van der Waals surface area contributed by atoms with E-state index in [0.29, 0.717) is 29.3 Å². The summed E-state index contributed by atoms with van der Waals surface area (Å²) < 4.78 is 5.08. The van der Waals surface area contributed by atoms with Crippen LogP contribution in [0.2, 0.25) is 5.02 Å². The van der Waals surface area contributed by atoms with Gasteiger partial charge in [0.15, 0.2) is 0 Å². The van der Waals surface area contributed by atoms with Gasteiger partial charge in [-0.05, 0) is 20.3 Å². The van der Waals surface area contributed by atoms with Crippen molar-refractivity contribution in [1.82, 2.24) is 10.4 Å². The van der Waals surface area contributed by atoms with Crippen LogP contribution < -0.4 is 10.4 Å². The minimum Gasteiger partial charge on any atom is -0.462 e. The molecule has 2 heterocycles. The summed E-state index contributed by atoms with van der Waals surface area (Å²) in [6, 6.07) is 0.0269. The van der Waals surface area contributed by atoms with Gasteiger partial charge in [-0.2, -0.15) is 0 Å². The number of rotatable bonds is 3. The molecule has 0 bridgehead atoms. The van der Waals surface area contributed by atoms with Gasteiger partial charge in [-0.3, -0.25) is 5.01 Å². The number of hydrazine groups is 1. The molecular formula is C13H18ClN3O2. The summed E-state index contributed by atoms with van der Waals surface area (Å²) in [5.41, 5.74) is 5.13. The third-order valence-electron chi connectivity index (χ3n) is 3.18. The second kappa shape index (κ2) is 5.35. The third kappa shape index (κ3) is 2.28. The minimum atomic E-state index is -0.401. The molecule has 1 atom stereocenters. The van der Waals surface area contributed by atoms with E-state index in [9.17, 15) is 4.79 Å². The standard InChI is InChI=1S/C13H18ClN3O2/c1-5-8-10(13(18)19-6-2)11(14)9-7(3)16-17(4)12(9)15-8/h7,16H,5-6H2,1-4H3. The Labute approximate surface area is 117 Å². The highest BCUT2D eigenvalue weighted by molar-refractivity contribution is 6.35. The van der Waals surface area contributed by atoms with E-state index in [1.807, 2.05) is 25.9 Å². The van der Waals surface area contributed by atoms with Crippen molar-refractivity contribution in [3.63, 3.8) is 0 Å². The van der Waals surface area contributed by atoms with Crippen molar-refractivity contribution >= 4 is 23.4 Å². The molecule has 0 amide bonds. The molecule has 0 radical (unpaired) electrons. The summed E-state index contributed by atoms with van der Waals surface area (Å²) in [4.78, 5) is 16.6. The maximum absolute atomic E-state index is 12.1. The maximum Gasteiger partial charge on any atom is 0.341 e. The summed E-state index contributed by atoms with van der Waals surface area (Å²) in [5, 5.41) is 2.28. The average molecular weight is 284 g/mol. The van der Waals surface area contributed by atoms with Crippen molar-refractivity contribution < 1.29 is 9.53 Å². The Bertz CT molecular complexity index is 519. The Kier molecular flexibility index (Phi) is 3.96. The van der Waals surface area contributed by atoms with Crippen LogP contribution in [0.3, 0.4) is 0 Å². The Balaban J connectivity index is 2.61. The first kappa shape index (κ1) is 14.1. The molecule has 2 rings (SSSR count). The molecule has 19 heavy (non-hydrogen) atoms. The minimum absolute atomic E-state index is 0.0269. The van der Waals surface area contributed by atoms with Crippen LogP contribution in [0.1, 0.15) is 48.4 Å². The van der Waals surface area contributed by atoms with E-state index in [1.54, 1.807) is 6.92 Å². The van der Waals surface area contributed by atoms with E-state index in [2.05, 4.69) is 10.4 Å². The van der Waals surface area contributed by atoms with Gasteiger partial charge in [-0.1, -0.05) is 18.5 Å². The van der Waals surface area contributed by atoms with E-state index < -0.39 is 5.97 Å². The van der Waals surface area contributed by atoms with Gasteiger partial charge in [0, 0.05) is 12.6 Å². The summed E-state index contributed by atoms with van der Waals surface area (Å²) in [5.74, 6) is 0.379. The monoisotopic (exact) mass is 283 g/mol. The van der Waals surface area contributed by atoms with Crippen molar-refractivity contribution in [3.8, 4) is 0 Å². The number of aryl methyl sites for hydroxylation is 1. The molecule has 0 aromatic carbocycles. The zero-order valence-electron chi connectivity index (χ0n) is 11.6. The Morgan fingerprint density at radius 1 is 1.53 bits per heavy atom. The van der Waals surface area contributed by atoms with Crippen molar-refractivity contribution in [2.75, 3.05) is 18.7 Å². The average Bonchev–Trinajstić information content (AvgIpc) is 2.64. The molecular weight excluding hydrogens is 266 g/mol. The quantitative estimate of drug-likeness (QED) is 0.864. The van der Waals surface area contributed by atoms with Gasteiger partial charge >= 0.3 is 5.97 Å². The normalized spacial score (nSPS) is 17.5. The summed E-state index contributed by atoms with van der Waals surface area (Å²) in [7, 11) is 1.88. The number of nitrogens with zero attached hydrogens (tertiary/aromatic N) is 2. The number of anilines is 1. The van der Waals surface area contributed by atoms with E-state index >= 15 is 0 Å². The molecule has 0 saturated heterocycles. The predicted molar refractivity (Wildman–Crippen MR) is 74.5 cm³/mol. The second-order valence-corrected chi connectivity index (χ2v) is 4.85. The Morgan fingerprint density at radius 3 is 2.79 bits per heavy atom. The van der Waals surface area contributed by atoms with Gasteiger partial charge in [-0.25, -0.2) is 15.2 Å². The Hall–Kier alpha value is -1.33. The molecule has 5 nitrogen and oxygen atoms in total. The van der Waals surface area contributed by atoms with Crippen LogP contribution in [0.4, 0.5) is 5.82 Å². The number of pyridine rings is 1. The largest absolute Gasteiger partial charge is 0.462 e. The number of fused-ring (bicyclic) bond motifs is 1. The molecule has 1 aliphatic heterocycles. The highest BCUT2D eigenvalue weighted by Crippen LogP contribution is 2.39. The molecule has 0 aliphatic carbocycles. The number of hydrogen-bond donors (Lipinski definition) is 1. The van der Waals surface area contributed by atoms with Crippen LogP contribution in [-0.2, 0) is 11.2 Å². The van der Waals surface area contributed by atoms with Crippen LogP contribution in [0.25, 0.3) is 0 Å². The number of hydrogen-bond acceptors (Lipinski definition) is 5. The SMILES string of the molecule is CCOC(=O)c1c(CC)nc2c(c1Cl)C(C)NN2C. The van der Waals surface area contributed by atoms with Crippen molar-refractivity contribution in [2.24, 2.45) is 0 Å². The van der Waals surface area contributed by atoms with Gasteiger partial charge in [0.25, 0.3) is 0 Å². The highest BCUT2D eigenvalue weighted by Gasteiger charge is 2.32.